The molecule has 0 spiro atoms. The second kappa shape index (κ2) is 11.4. The molecule has 1 atom stereocenters. The first-order valence-corrected chi connectivity index (χ1v) is 14.0. The van der Waals surface area contributed by atoms with Gasteiger partial charge in [-0.25, -0.2) is 23.2 Å². The lowest BCUT2D eigenvalue weighted by Crippen LogP contribution is -2.55. The Morgan fingerprint density at radius 3 is 2.24 bits per heavy atom. The monoisotopic (exact) mass is 536 g/mol. The van der Waals surface area contributed by atoms with Crippen molar-refractivity contribution in [3.8, 4) is 11.4 Å². The molecule has 1 saturated heterocycles. The van der Waals surface area contributed by atoms with Gasteiger partial charge in [0.1, 0.15) is 11.3 Å². The first-order chi connectivity index (χ1) is 18.1. The van der Waals surface area contributed by atoms with Crippen molar-refractivity contribution >= 4 is 21.9 Å². The van der Waals surface area contributed by atoms with Crippen molar-refractivity contribution in [1.82, 2.24) is 19.2 Å². The molecule has 1 amide bonds. The molecular weight excluding hydrogens is 504 g/mol. The summed E-state index contributed by atoms with van der Waals surface area (Å²) >= 11 is 0. The third-order valence-electron chi connectivity index (χ3n) is 6.28. The van der Waals surface area contributed by atoms with Crippen molar-refractivity contribution in [1.29, 1.82) is 0 Å². The molecule has 2 heterocycles. The highest BCUT2D eigenvalue weighted by molar-refractivity contribution is 7.89. The molecule has 1 fully saturated rings. The van der Waals surface area contributed by atoms with E-state index < -0.39 is 27.9 Å². The van der Waals surface area contributed by atoms with Gasteiger partial charge in [-0.1, -0.05) is 62.4 Å². The minimum atomic E-state index is -3.72. The number of ether oxygens (including phenoxy) is 1. The molecule has 9 nitrogen and oxygen atoms in total. The van der Waals surface area contributed by atoms with Crippen LogP contribution in [0.2, 0.25) is 0 Å². The number of rotatable bonds is 7. The van der Waals surface area contributed by atoms with Crippen molar-refractivity contribution in [2.24, 2.45) is 5.92 Å². The largest absolute Gasteiger partial charge is 0.462 e. The molecule has 1 unspecified atom stereocenters. The zero-order valence-corrected chi connectivity index (χ0v) is 22.8. The predicted molar refractivity (Wildman–Crippen MR) is 143 cm³/mol. The molecule has 0 bridgehead atoms. The van der Waals surface area contributed by atoms with Crippen molar-refractivity contribution in [3.63, 3.8) is 0 Å². The Morgan fingerprint density at radius 1 is 1.00 bits per heavy atom. The molecule has 3 aromatic rings. The van der Waals surface area contributed by atoms with Gasteiger partial charge in [-0.2, -0.15) is 4.31 Å². The minimum absolute atomic E-state index is 0.0299. The van der Waals surface area contributed by atoms with E-state index in [1.54, 1.807) is 44.2 Å². The summed E-state index contributed by atoms with van der Waals surface area (Å²) < 4.78 is 33.3. The van der Waals surface area contributed by atoms with Crippen molar-refractivity contribution in [2.75, 3.05) is 26.2 Å². The lowest BCUT2D eigenvalue weighted by Gasteiger charge is -2.39. The van der Waals surface area contributed by atoms with Crippen LogP contribution in [0.3, 0.4) is 0 Å². The summed E-state index contributed by atoms with van der Waals surface area (Å²) in [5, 5.41) is 0. The summed E-state index contributed by atoms with van der Waals surface area (Å²) in [5.74, 6) is -0.682. The number of aromatic nitrogens is 2. The second-order valence-corrected chi connectivity index (χ2v) is 11.6. The fourth-order valence-electron chi connectivity index (χ4n) is 4.36. The maximum absolute atomic E-state index is 13.8. The molecule has 0 saturated carbocycles. The molecule has 2 aromatic carbocycles. The summed E-state index contributed by atoms with van der Waals surface area (Å²) in [6, 6.07) is 17.0. The Kier molecular flexibility index (Phi) is 8.23. The summed E-state index contributed by atoms with van der Waals surface area (Å²) in [4.78, 5) is 37.7. The number of hydrogen-bond acceptors (Lipinski definition) is 7. The van der Waals surface area contributed by atoms with E-state index in [-0.39, 0.29) is 48.3 Å². The van der Waals surface area contributed by atoms with E-state index in [9.17, 15) is 18.0 Å². The molecule has 10 heteroatoms. The van der Waals surface area contributed by atoms with Gasteiger partial charge in [0.05, 0.1) is 17.2 Å². The minimum Gasteiger partial charge on any atom is -0.462 e. The van der Waals surface area contributed by atoms with Crippen molar-refractivity contribution < 1.29 is 22.7 Å². The average molecular weight is 537 g/mol. The summed E-state index contributed by atoms with van der Waals surface area (Å²) in [6.07, 6.45) is 0. The highest BCUT2D eigenvalue weighted by atomic mass is 32.2. The highest BCUT2D eigenvalue weighted by Crippen LogP contribution is 2.25. The first-order valence-electron chi connectivity index (χ1n) is 12.6. The number of piperazine rings is 1. The van der Waals surface area contributed by atoms with E-state index in [4.69, 9.17) is 4.74 Å². The van der Waals surface area contributed by atoms with Gasteiger partial charge < -0.3 is 9.64 Å². The average Bonchev–Trinajstić information content (AvgIpc) is 2.91. The third kappa shape index (κ3) is 5.76. The van der Waals surface area contributed by atoms with Crippen LogP contribution in [0.5, 0.6) is 0 Å². The Bertz CT molecular complexity index is 1410. The lowest BCUT2D eigenvalue weighted by molar-refractivity contribution is 0.0447. The molecule has 0 N–H and O–H groups in total. The fraction of sp³-hybridized carbons (Fsp3) is 0.357. The number of benzene rings is 2. The molecule has 0 radical (unpaired) electrons. The van der Waals surface area contributed by atoms with Gasteiger partial charge >= 0.3 is 5.97 Å². The topological polar surface area (TPSA) is 110 Å². The van der Waals surface area contributed by atoms with Gasteiger partial charge in [0, 0.05) is 31.2 Å². The van der Waals surface area contributed by atoms with E-state index in [1.807, 2.05) is 44.2 Å². The number of amides is 1. The van der Waals surface area contributed by atoms with Crippen LogP contribution in [-0.2, 0) is 14.8 Å². The molecule has 38 heavy (non-hydrogen) atoms. The van der Waals surface area contributed by atoms with Gasteiger partial charge in [0.2, 0.25) is 10.0 Å². The summed E-state index contributed by atoms with van der Waals surface area (Å²) in [6.45, 7) is 7.88. The SMILES string of the molecule is Cc1nc(-c2ccccc2)nc(C(=O)N2CCN(S(=O)(=O)c3ccccc3)C(C)C2)c1C(=O)OCC(C)C. The van der Waals surface area contributed by atoms with Crippen LogP contribution in [0.1, 0.15) is 47.3 Å². The standard InChI is InChI=1S/C28H32N4O5S/c1-19(2)18-37-28(34)24-21(4)29-26(22-11-7-5-8-12-22)30-25(24)27(33)31-15-16-32(20(3)17-31)38(35,36)23-13-9-6-10-14-23/h5-14,19-20H,15-18H2,1-4H3. The maximum Gasteiger partial charge on any atom is 0.342 e. The number of sulfonamides is 1. The van der Waals surface area contributed by atoms with Gasteiger partial charge in [-0.3, -0.25) is 4.79 Å². The Morgan fingerprint density at radius 2 is 1.63 bits per heavy atom. The maximum atomic E-state index is 13.8. The van der Waals surface area contributed by atoms with E-state index in [0.717, 1.165) is 0 Å². The van der Waals surface area contributed by atoms with E-state index in [1.165, 1.54) is 9.21 Å². The zero-order chi connectivity index (χ0) is 27.4. The van der Waals surface area contributed by atoms with E-state index in [0.29, 0.717) is 17.1 Å². The van der Waals surface area contributed by atoms with Crippen molar-refractivity contribution in [2.45, 2.75) is 38.6 Å². The molecule has 1 aliphatic rings. The van der Waals surface area contributed by atoms with Crippen LogP contribution in [0.4, 0.5) is 0 Å². The highest BCUT2D eigenvalue weighted by Gasteiger charge is 2.37. The van der Waals surface area contributed by atoms with Crippen LogP contribution >= 0.6 is 0 Å². The molecule has 0 aliphatic carbocycles. The number of aryl methyl sites for hydroxylation is 1. The molecule has 200 valence electrons. The zero-order valence-electron chi connectivity index (χ0n) is 22.0. The van der Waals surface area contributed by atoms with Gasteiger partial charge in [0.15, 0.2) is 5.82 Å². The number of esters is 1. The van der Waals surface area contributed by atoms with Gasteiger partial charge in [0.25, 0.3) is 5.91 Å². The van der Waals surface area contributed by atoms with Gasteiger partial charge in [-0.15, -0.1) is 0 Å². The van der Waals surface area contributed by atoms with Crippen LogP contribution < -0.4 is 0 Å². The van der Waals surface area contributed by atoms with E-state index in [2.05, 4.69) is 9.97 Å². The third-order valence-corrected chi connectivity index (χ3v) is 8.31. The first kappa shape index (κ1) is 27.4. The Labute approximate surface area is 223 Å². The van der Waals surface area contributed by atoms with E-state index >= 15 is 0 Å². The molecule has 4 rings (SSSR count). The Balaban J connectivity index is 1.66. The number of nitrogens with zero attached hydrogens (tertiary/aromatic N) is 4. The smallest absolute Gasteiger partial charge is 0.342 e. The summed E-state index contributed by atoms with van der Waals surface area (Å²) in [5.41, 5.74) is 1.03. The number of carbonyl (C=O) groups excluding carboxylic acids is 2. The second-order valence-electron chi connectivity index (χ2n) is 9.74. The quantitative estimate of drug-likeness (QED) is 0.423. The number of carbonyl (C=O) groups is 2. The Hall–Kier alpha value is -3.63. The predicted octanol–water partition coefficient (Wildman–Crippen LogP) is 3.80. The lowest BCUT2D eigenvalue weighted by atomic mass is 10.1. The number of hydrogen-bond donors (Lipinski definition) is 0. The fourth-order valence-corrected chi connectivity index (χ4v) is 6.00. The molecule has 1 aromatic heterocycles. The van der Waals surface area contributed by atoms with Crippen LogP contribution in [0, 0.1) is 12.8 Å². The van der Waals surface area contributed by atoms with Gasteiger partial charge in [-0.05, 0) is 31.9 Å². The van der Waals surface area contributed by atoms with Crippen LogP contribution in [0.25, 0.3) is 11.4 Å². The molecule has 1 aliphatic heterocycles. The van der Waals surface area contributed by atoms with Crippen molar-refractivity contribution in [3.05, 3.63) is 77.6 Å². The van der Waals surface area contributed by atoms with Crippen LogP contribution in [-0.4, -0.2) is 71.8 Å². The molecular formula is C28H32N4O5S. The summed E-state index contributed by atoms with van der Waals surface area (Å²) in [7, 11) is -3.72. The van der Waals surface area contributed by atoms with Crippen LogP contribution in [0.15, 0.2) is 65.6 Å². The normalized spacial score (nSPS) is 16.4.